The van der Waals surface area contributed by atoms with Gasteiger partial charge in [0.2, 0.25) is 5.91 Å². The molecule has 0 radical (unpaired) electrons. The van der Waals surface area contributed by atoms with Crippen molar-refractivity contribution in [1.29, 1.82) is 0 Å². The summed E-state index contributed by atoms with van der Waals surface area (Å²) in [5.41, 5.74) is 2.43. The number of hydrogen-bond donors (Lipinski definition) is 1. The van der Waals surface area contributed by atoms with Gasteiger partial charge in [-0.2, -0.15) is 8.42 Å². The normalized spacial score (nSPS) is 14.6. The van der Waals surface area contributed by atoms with Crippen molar-refractivity contribution in [3.63, 3.8) is 0 Å². The van der Waals surface area contributed by atoms with E-state index < -0.39 is 16.0 Å². The van der Waals surface area contributed by atoms with Gasteiger partial charge in [0.25, 0.3) is 0 Å². The molecule has 8 heteroatoms. The third-order valence-electron chi connectivity index (χ3n) is 5.50. The second-order valence-electron chi connectivity index (χ2n) is 7.39. The molecular formula is C23H22FN3O3S. The molecule has 0 saturated heterocycles. The summed E-state index contributed by atoms with van der Waals surface area (Å²) in [5.74, 6) is -1.26. The first-order chi connectivity index (χ1) is 14.8. The predicted molar refractivity (Wildman–Crippen MR) is 120 cm³/mol. The number of hydrogen-bond acceptors (Lipinski definition) is 3. The van der Waals surface area contributed by atoms with Crippen molar-refractivity contribution < 1.29 is 17.6 Å². The van der Waals surface area contributed by atoms with Crippen LogP contribution in [0.4, 0.5) is 21.5 Å². The van der Waals surface area contributed by atoms with Crippen LogP contribution in [0.25, 0.3) is 0 Å². The molecule has 0 fully saturated rings. The Hall–Kier alpha value is -3.39. The van der Waals surface area contributed by atoms with Crippen molar-refractivity contribution in [3.05, 3.63) is 89.7 Å². The number of halogens is 1. The maximum absolute atomic E-state index is 14.7. The Labute approximate surface area is 181 Å². The van der Waals surface area contributed by atoms with Crippen LogP contribution in [0, 0.1) is 5.82 Å². The molecule has 0 spiro atoms. The van der Waals surface area contributed by atoms with Crippen LogP contribution in [0.1, 0.15) is 23.5 Å². The van der Waals surface area contributed by atoms with Crippen molar-refractivity contribution in [1.82, 2.24) is 0 Å². The van der Waals surface area contributed by atoms with Gasteiger partial charge in [0.1, 0.15) is 5.82 Å². The lowest BCUT2D eigenvalue weighted by molar-refractivity contribution is -0.116. The van der Waals surface area contributed by atoms with Crippen molar-refractivity contribution in [2.45, 2.75) is 12.3 Å². The van der Waals surface area contributed by atoms with E-state index in [1.807, 2.05) is 60.7 Å². The van der Waals surface area contributed by atoms with Gasteiger partial charge < -0.3 is 5.32 Å². The SMILES string of the molecule is CN1c2cc(F)c(NC(=O)CC(c3ccccc3)c3ccccc3)cc2N(C)S1(=O)=O. The smallest absolute Gasteiger partial charge is 0.324 e. The molecular weight excluding hydrogens is 417 g/mol. The highest BCUT2D eigenvalue weighted by Crippen LogP contribution is 2.41. The zero-order valence-corrected chi connectivity index (χ0v) is 17.9. The fourth-order valence-corrected chi connectivity index (χ4v) is 4.93. The average Bonchev–Trinajstić information content (AvgIpc) is 2.93. The summed E-state index contributed by atoms with van der Waals surface area (Å²) in [6.07, 6.45) is 0.110. The Kier molecular flexibility index (Phi) is 5.41. The van der Waals surface area contributed by atoms with Crippen molar-refractivity contribution >= 4 is 33.2 Å². The van der Waals surface area contributed by atoms with Crippen LogP contribution >= 0.6 is 0 Å². The van der Waals surface area contributed by atoms with Crippen LogP contribution in [-0.2, 0) is 15.0 Å². The maximum Gasteiger partial charge on any atom is 0.326 e. The highest BCUT2D eigenvalue weighted by Gasteiger charge is 2.36. The number of nitrogens with one attached hydrogen (secondary N) is 1. The van der Waals surface area contributed by atoms with E-state index in [1.54, 1.807) is 0 Å². The van der Waals surface area contributed by atoms with E-state index in [1.165, 1.54) is 20.2 Å². The zero-order valence-electron chi connectivity index (χ0n) is 17.1. The van der Waals surface area contributed by atoms with Gasteiger partial charge in [-0.1, -0.05) is 60.7 Å². The number of nitrogens with zero attached hydrogens (tertiary/aromatic N) is 2. The van der Waals surface area contributed by atoms with E-state index in [-0.39, 0.29) is 29.6 Å². The van der Waals surface area contributed by atoms with E-state index in [2.05, 4.69) is 5.32 Å². The van der Waals surface area contributed by atoms with Crippen LogP contribution in [0.2, 0.25) is 0 Å². The number of benzene rings is 3. The van der Waals surface area contributed by atoms with Gasteiger partial charge >= 0.3 is 10.2 Å². The Morgan fingerprint density at radius 2 is 1.39 bits per heavy atom. The van der Waals surface area contributed by atoms with Crippen LogP contribution < -0.4 is 13.9 Å². The Morgan fingerprint density at radius 1 is 0.903 bits per heavy atom. The largest absolute Gasteiger partial charge is 0.326 e. The molecule has 6 nitrogen and oxygen atoms in total. The van der Waals surface area contributed by atoms with E-state index in [4.69, 9.17) is 0 Å². The maximum atomic E-state index is 14.7. The van der Waals surface area contributed by atoms with Crippen molar-refractivity contribution in [2.24, 2.45) is 0 Å². The molecule has 31 heavy (non-hydrogen) atoms. The number of amides is 1. The monoisotopic (exact) mass is 439 g/mol. The summed E-state index contributed by atoms with van der Waals surface area (Å²) in [6, 6.07) is 21.8. The van der Waals surface area contributed by atoms with Gasteiger partial charge in [-0.15, -0.1) is 0 Å². The lowest BCUT2D eigenvalue weighted by Gasteiger charge is -2.18. The minimum absolute atomic E-state index is 0.0547. The number of anilines is 3. The van der Waals surface area contributed by atoms with E-state index in [0.29, 0.717) is 5.69 Å². The highest BCUT2D eigenvalue weighted by molar-refractivity contribution is 7.94. The molecule has 1 amide bonds. The molecule has 160 valence electrons. The average molecular weight is 440 g/mol. The summed E-state index contributed by atoms with van der Waals surface area (Å²) in [6.45, 7) is 0. The third-order valence-corrected chi connectivity index (χ3v) is 7.28. The standard InChI is InChI=1S/C23H22FN3O3S/c1-26-21-14-19(24)20(15-22(21)27(2)31(26,29)30)25-23(28)13-18(16-9-5-3-6-10-16)17-11-7-4-8-12-17/h3-12,14-15,18H,13H2,1-2H3,(H,25,28). The number of carbonyl (C=O) groups is 1. The summed E-state index contributed by atoms with van der Waals surface area (Å²) < 4.78 is 41.4. The molecule has 3 aromatic carbocycles. The summed E-state index contributed by atoms with van der Waals surface area (Å²) in [5, 5.41) is 2.62. The Bertz CT molecular complexity index is 1180. The molecule has 1 aliphatic heterocycles. The second kappa shape index (κ2) is 8.03. The highest BCUT2D eigenvalue weighted by atomic mass is 32.2. The van der Waals surface area contributed by atoms with Gasteiger partial charge in [-0.05, 0) is 17.2 Å². The predicted octanol–water partition coefficient (Wildman–Crippen LogP) is 4.12. The number of carbonyl (C=O) groups excluding carboxylic acids is 1. The van der Waals surface area contributed by atoms with Gasteiger partial charge in [-0.25, -0.2) is 4.39 Å². The van der Waals surface area contributed by atoms with E-state index in [9.17, 15) is 17.6 Å². The Balaban J connectivity index is 1.61. The second-order valence-corrected chi connectivity index (χ2v) is 9.38. The summed E-state index contributed by atoms with van der Waals surface area (Å²) in [7, 11) is -0.977. The lowest BCUT2D eigenvalue weighted by atomic mass is 9.88. The summed E-state index contributed by atoms with van der Waals surface area (Å²) >= 11 is 0. The lowest BCUT2D eigenvalue weighted by Crippen LogP contribution is -2.32. The molecule has 1 heterocycles. The van der Waals surface area contributed by atoms with Crippen molar-refractivity contribution in [2.75, 3.05) is 28.0 Å². The van der Waals surface area contributed by atoms with E-state index >= 15 is 0 Å². The molecule has 4 rings (SSSR count). The molecule has 3 aromatic rings. The molecule has 1 aliphatic rings. The quantitative estimate of drug-likeness (QED) is 0.650. The Morgan fingerprint density at radius 3 is 1.90 bits per heavy atom. The fraction of sp³-hybridized carbons (Fsp3) is 0.174. The minimum Gasteiger partial charge on any atom is -0.324 e. The molecule has 0 aromatic heterocycles. The first kappa shape index (κ1) is 20.9. The van der Waals surface area contributed by atoms with Gasteiger partial charge in [0.15, 0.2) is 0 Å². The van der Waals surface area contributed by atoms with Gasteiger partial charge in [0, 0.05) is 32.5 Å². The molecule has 0 saturated carbocycles. The van der Waals surface area contributed by atoms with Crippen LogP contribution in [0.3, 0.4) is 0 Å². The third kappa shape index (κ3) is 3.86. The summed E-state index contributed by atoms with van der Waals surface area (Å²) in [4.78, 5) is 12.9. The number of rotatable bonds is 5. The molecule has 0 atom stereocenters. The van der Waals surface area contributed by atoms with E-state index in [0.717, 1.165) is 25.8 Å². The topological polar surface area (TPSA) is 69.7 Å². The number of fused-ring (bicyclic) bond motifs is 1. The van der Waals surface area contributed by atoms with Crippen molar-refractivity contribution in [3.8, 4) is 0 Å². The van der Waals surface area contributed by atoms with Gasteiger partial charge in [-0.3, -0.25) is 13.4 Å². The molecule has 0 bridgehead atoms. The molecule has 0 unspecified atom stereocenters. The fourth-order valence-electron chi connectivity index (χ4n) is 3.77. The molecule has 0 aliphatic carbocycles. The first-order valence-electron chi connectivity index (χ1n) is 9.75. The first-order valence-corrected chi connectivity index (χ1v) is 11.1. The minimum atomic E-state index is -3.73. The molecule has 1 N–H and O–H groups in total. The van der Waals surface area contributed by atoms with Crippen LogP contribution in [0.5, 0.6) is 0 Å². The van der Waals surface area contributed by atoms with Crippen LogP contribution in [0.15, 0.2) is 72.8 Å². The van der Waals surface area contributed by atoms with Crippen LogP contribution in [-0.4, -0.2) is 28.4 Å². The van der Waals surface area contributed by atoms with Gasteiger partial charge in [0.05, 0.1) is 17.1 Å². The zero-order chi connectivity index (χ0) is 22.2.